The topological polar surface area (TPSA) is 24.5 Å². The van der Waals surface area contributed by atoms with Crippen LogP contribution in [0.1, 0.15) is 33.6 Å². The predicted octanol–water partition coefficient (Wildman–Crippen LogP) is 1.49. The van der Waals surface area contributed by atoms with Crippen LogP contribution in [-0.4, -0.2) is 49.3 Å². The van der Waals surface area contributed by atoms with Crippen LogP contribution in [-0.2, 0) is 4.74 Å². The van der Waals surface area contributed by atoms with Crippen molar-refractivity contribution in [3.63, 3.8) is 0 Å². The van der Waals surface area contributed by atoms with Crippen LogP contribution in [0.2, 0.25) is 0 Å². The van der Waals surface area contributed by atoms with Gasteiger partial charge in [-0.2, -0.15) is 0 Å². The highest BCUT2D eigenvalue weighted by molar-refractivity contribution is 5.03. The van der Waals surface area contributed by atoms with Crippen LogP contribution >= 0.6 is 0 Å². The molecule has 17 heavy (non-hydrogen) atoms. The van der Waals surface area contributed by atoms with Crippen molar-refractivity contribution in [2.45, 2.75) is 45.2 Å². The Hall–Kier alpha value is -0.560. The van der Waals surface area contributed by atoms with Gasteiger partial charge in [-0.25, -0.2) is 0 Å². The Morgan fingerprint density at radius 3 is 2.53 bits per heavy atom. The fourth-order valence-corrected chi connectivity index (χ4v) is 2.64. The van der Waals surface area contributed by atoms with Crippen LogP contribution in [0.25, 0.3) is 0 Å². The zero-order valence-corrected chi connectivity index (χ0v) is 11.5. The lowest BCUT2D eigenvalue weighted by Crippen LogP contribution is -2.61. The Kier molecular flexibility index (Phi) is 5.97. The molecule has 0 aromatic heterocycles. The van der Waals surface area contributed by atoms with Gasteiger partial charge in [0.2, 0.25) is 0 Å². The van der Waals surface area contributed by atoms with Gasteiger partial charge in [0, 0.05) is 31.1 Å². The van der Waals surface area contributed by atoms with Gasteiger partial charge in [-0.05, 0) is 19.9 Å². The van der Waals surface area contributed by atoms with E-state index in [-0.39, 0.29) is 5.54 Å². The SMILES string of the molecule is C#CCC(NCC)C(C)(CC)N1CCOCC1. The monoisotopic (exact) mass is 238 g/mol. The molecule has 1 aliphatic rings. The lowest BCUT2D eigenvalue weighted by molar-refractivity contribution is -0.0314. The van der Waals surface area contributed by atoms with E-state index >= 15 is 0 Å². The third-order valence-electron chi connectivity index (χ3n) is 3.97. The third-order valence-corrected chi connectivity index (χ3v) is 3.97. The van der Waals surface area contributed by atoms with Gasteiger partial charge in [-0.1, -0.05) is 13.8 Å². The molecule has 1 N–H and O–H groups in total. The largest absolute Gasteiger partial charge is 0.379 e. The average molecular weight is 238 g/mol. The lowest BCUT2D eigenvalue weighted by atomic mass is 9.85. The van der Waals surface area contributed by atoms with Crippen molar-refractivity contribution in [1.29, 1.82) is 0 Å². The van der Waals surface area contributed by atoms with Crippen molar-refractivity contribution in [3.05, 3.63) is 0 Å². The van der Waals surface area contributed by atoms with Crippen molar-refractivity contribution >= 4 is 0 Å². The van der Waals surface area contributed by atoms with Crippen molar-refractivity contribution in [1.82, 2.24) is 10.2 Å². The molecule has 3 heteroatoms. The van der Waals surface area contributed by atoms with Crippen LogP contribution in [0.4, 0.5) is 0 Å². The molecular weight excluding hydrogens is 212 g/mol. The molecule has 1 rings (SSSR count). The van der Waals surface area contributed by atoms with E-state index in [1.807, 2.05) is 0 Å². The maximum absolute atomic E-state index is 5.51. The fourth-order valence-electron chi connectivity index (χ4n) is 2.64. The van der Waals surface area contributed by atoms with E-state index in [4.69, 9.17) is 11.2 Å². The first-order valence-corrected chi connectivity index (χ1v) is 6.68. The summed E-state index contributed by atoms with van der Waals surface area (Å²) in [7, 11) is 0. The minimum Gasteiger partial charge on any atom is -0.379 e. The molecule has 3 nitrogen and oxygen atoms in total. The van der Waals surface area contributed by atoms with Gasteiger partial charge < -0.3 is 10.1 Å². The van der Waals surface area contributed by atoms with Gasteiger partial charge in [0.15, 0.2) is 0 Å². The first-order chi connectivity index (χ1) is 8.19. The average Bonchev–Trinajstić information content (AvgIpc) is 2.38. The van der Waals surface area contributed by atoms with E-state index in [9.17, 15) is 0 Å². The van der Waals surface area contributed by atoms with Crippen LogP contribution in [0.3, 0.4) is 0 Å². The Morgan fingerprint density at radius 2 is 2.06 bits per heavy atom. The summed E-state index contributed by atoms with van der Waals surface area (Å²) in [5, 5.41) is 3.55. The van der Waals surface area contributed by atoms with Gasteiger partial charge in [-0.3, -0.25) is 4.90 Å². The summed E-state index contributed by atoms with van der Waals surface area (Å²) < 4.78 is 5.44. The second-order valence-electron chi connectivity index (χ2n) is 4.83. The number of likely N-dealkylation sites (N-methyl/N-ethyl adjacent to an activating group) is 1. The molecule has 1 heterocycles. The summed E-state index contributed by atoms with van der Waals surface area (Å²) in [6.45, 7) is 11.4. The molecular formula is C14H26N2O. The summed E-state index contributed by atoms with van der Waals surface area (Å²) in [6, 6.07) is 0.362. The molecule has 1 fully saturated rings. The number of terminal acetylenes is 1. The molecule has 2 unspecified atom stereocenters. The minimum atomic E-state index is 0.131. The zero-order valence-electron chi connectivity index (χ0n) is 11.5. The number of morpholine rings is 1. The maximum atomic E-state index is 5.51. The summed E-state index contributed by atoms with van der Waals surface area (Å²) in [4.78, 5) is 2.53. The zero-order chi connectivity index (χ0) is 12.7. The number of rotatable bonds is 6. The molecule has 1 saturated heterocycles. The number of hydrogen-bond acceptors (Lipinski definition) is 3. The standard InChI is InChI=1S/C14H26N2O/c1-5-8-13(15-7-3)14(4,6-2)16-9-11-17-12-10-16/h1,13,15H,6-12H2,2-4H3. The Bertz CT molecular complexity index is 255. The second-order valence-corrected chi connectivity index (χ2v) is 4.83. The first kappa shape index (κ1) is 14.5. The normalized spacial score (nSPS) is 22.7. The van der Waals surface area contributed by atoms with Crippen molar-refractivity contribution in [2.75, 3.05) is 32.8 Å². The first-order valence-electron chi connectivity index (χ1n) is 6.68. The molecule has 0 bridgehead atoms. The van der Waals surface area contributed by atoms with Crippen LogP contribution < -0.4 is 5.32 Å². The molecule has 1 aliphatic heterocycles. The highest BCUT2D eigenvalue weighted by Gasteiger charge is 2.37. The molecule has 0 aliphatic carbocycles. The summed E-state index contributed by atoms with van der Waals surface area (Å²) >= 11 is 0. The maximum Gasteiger partial charge on any atom is 0.0594 e. The van der Waals surface area contributed by atoms with Crippen LogP contribution in [0, 0.1) is 12.3 Å². The molecule has 0 spiro atoms. The van der Waals surface area contributed by atoms with Crippen molar-refractivity contribution < 1.29 is 4.74 Å². The molecule has 0 aromatic rings. The molecule has 0 radical (unpaired) electrons. The van der Waals surface area contributed by atoms with E-state index in [2.05, 4.69) is 36.9 Å². The van der Waals surface area contributed by atoms with E-state index in [1.54, 1.807) is 0 Å². The van der Waals surface area contributed by atoms with Gasteiger partial charge in [0.05, 0.1) is 13.2 Å². The smallest absolute Gasteiger partial charge is 0.0594 e. The molecule has 2 atom stereocenters. The number of nitrogens with one attached hydrogen (secondary N) is 1. The second kappa shape index (κ2) is 7.00. The van der Waals surface area contributed by atoms with Crippen molar-refractivity contribution in [3.8, 4) is 12.3 Å². The Labute approximate surface area is 106 Å². The fraction of sp³-hybridized carbons (Fsp3) is 0.857. The van der Waals surface area contributed by atoms with Crippen LogP contribution in [0.5, 0.6) is 0 Å². The van der Waals surface area contributed by atoms with Gasteiger partial charge >= 0.3 is 0 Å². The van der Waals surface area contributed by atoms with E-state index in [1.165, 1.54) is 0 Å². The Balaban J connectivity index is 2.78. The van der Waals surface area contributed by atoms with Crippen molar-refractivity contribution in [2.24, 2.45) is 0 Å². The van der Waals surface area contributed by atoms with E-state index in [0.29, 0.717) is 6.04 Å². The van der Waals surface area contributed by atoms with Gasteiger partial charge in [0.1, 0.15) is 0 Å². The van der Waals surface area contributed by atoms with Gasteiger partial charge in [-0.15, -0.1) is 12.3 Å². The summed E-state index contributed by atoms with van der Waals surface area (Å²) in [5.74, 6) is 2.81. The molecule has 0 aromatic carbocycles. The summed E-state index contributed by atoms with van der Waals surface area (Å²) in [5.41, 5.74) is 0.131. The van der Waals surface area contributed by atoms with Gasteiger partial charge in [0.25, 0.3) is 0 Å². The Morgan fingerprint density at radius 1 is 1.41 bits per heavy atom. The van der Waals surface area contributed by atoms with E-state index < -0.39 is 0 Å². The third kappa shape index (κ3) is 3.45. The molecule has 0 amide bonds. The number of ether oxygens (including phenoxy) is 1. The minimum absolute atomic E-state index is 0.131. The molecule has 0 saturated carbocycles. The summed E-state index contributed by atoms with van der Waals surface area (Å²) in [6.07, 6.45) is 7.40. The number of hydrogen-bond donors (Lipinski definition) is 1. The molecule has 98 valence electrons. The highest BCUT2D eigenvalue weighted by Crippen LogP contribution is 2.26. The quantitative estimate of drug-likeness (QED) is 0.710. The van der Waals surface area contributed by atoms with Crippen LogP contribution in [0.15, 0.2) is 0 Å². The lowest BCUT2D eigenvalue weighted by Gasteiger charge is -2.47. The van der Waals surface area contributed by atoms with E-state index in [0.717, 1.165) is 45.7 Å². The number of nitrogens with zero attached hydrogens (tertiary/aromatic N) is 1. The predicted molar refractivity (Wildman–Crippen MR) is 72.0 cm³/mol. The highest BCUT2D eigenvalue weighted by atomic mass is 16.5.